The Kier molecular flexibility index (Phi) is 7.39. The molecule has 0 saturated heterocycles. The molecule has 7 heteroatoms. The monoisotopic (exact) mass is 497 g/mol. The van der Waals surface area contributed by atoms with E-state index in [0.29, 0.717) is 38.7 Å². The second-order valence-electron chi connectivity index (χ2n) is 7.61. The standard InChI is InChI=1S/C26H22Cl3N3O/c1-2-3-4-23-24(25(33)17-5-7-18(27)8-6-17)32(22-15-11-20(29)12-16-22)26(31-23)30-21-13-9-19(28)10-14-21/h5-16H,2-4H2,1H3,(H,30,31). The molecule has 0 fully saturated rings. The van der Waals surface area contributed by atoms with Gasteiger partial charge in [0.15, 0.2) is 0 Å². The fraction of sp³-hybridized carbons (Fsp3) is 0.154. The molecule has 3 aromatic carbocycles. The minimum Gasteiger partial charge on any atom is -0.325 e. The van der Waals surface area contributed by atoms with Gasteiger partial charge < -0.3 is 5.32 Å². The Morgan fingerprint density at radius 2 is 1.39 bits per heavy atom. The van der Waals surface area contributed by atoms with E-state index < -0.39 is 0 Å². The summed E-state index contributed by atoms with van der Waals surface area (Å²) in [4.78, 5) is 18.6. The Morgan fingerprint density at radius 3 is 1.97 bits per heavy atom. The molecule has 0 aliphatic carbocycles. The van der Waals surface area contributed by atoms with Gasteiger partial charge in [-0.2, -0.15) is 0 Å². The van der Waals surface area contributed by atoms with Crippen LogP contribution in [-0.2, 0) is 6.42 Å². The van der Waals surface area contributed by atoms with Crippen molar-refractivity contribution in [3.05, 3.63) is 105 Å². The van der Waals surface area contributed by atoms with Gasteiger partial charge >= 0.3 is 0 Å². The van der Waals surface area contributed by atoms with Gasteiger partial charge in [-0.05, 0) is 85.6 Å². The van der Waals surface area contributed by atoms with Crippen LogP contribution in [0.4, 0.5) is 11.6 Å². The molecule has 0 amide bonds. The molecular weight excluding hydrogens is 477 g/mol. The van der Waals surface area contributed by atoms with E-state index in [1.54, 1.807) is 48.5 Å². The van der Waals surface area contributed by atoms with Crippen molar-refractivity contribution in [1.29, 1.82) is 0 Å². The number of unbranched alkanes of at least 4 members (excludes halogenated alkanes) is 1. The smallest absolute Gasteiger partial charge is 0.212 e. The van der Waals surface area contributed by atoms with Crippen molar-refractivity contribution in [2.24, 2.45) is 0 Å². The van der Waals surface area contributed by atoms with Crippen LogP contribution in [0.2, 0.25) is 15.1 Å². The molecule has 0 atom stereocenters. The van der Waals surface area contributed by atoms with Crippen LogP contribution in [0.5, 0.6) is 0 Å². The van der Waals surface area contributed by atoms with Crippen LogP contribution in [0, 0.1) is 0 Å². The molecule has 33 heavy (non-hydrogen) atoms. The number of ketones is 1. The minimum atomic E-state index is -0.121. The summed E-state index contributed by atoms with van der Waals surface area (Å²) in [6.45, 7) is 2.11. The summed E-state index contributed by atoms with van der Waals surface area (Å²) in [6, 6.07) is 21.6. The molecule has 0 aliphatic heterocycles. The molecule has 4 aromatic rings. The first kappa shape index (κ1) is 23.4. The Labute approximate surface area is 208 Å². The molecule has 168 valence electrons. The van der Waals surface area contributed by atoms with Crippen LogP contribution in [0.1, 0.15) is 41.5 Å². The zero-order valence-corrected chi connectivity index (χ0v) is 20.3. The van der Waals surface area contributed by atoms with Crippen LogP contribution >= 0.6 is 34.8 Å². The van der Waals surface area contributed by atoms with Crippen molar-refractivity contribution in [1.82, 2.24) is 9.55 Å². The van der Waals surface area contributed by atoms with Crippen molar-refractivity contribution in [2.75, 3.05) is 5.32 Å². The predicted molar refractivity (Wildman–Crippen MR) is 137 cm³/mol. The van der Waals surface area contributed by atoms with Gasteiger partial charge in [-0.3, -0.25) is 9.36 Å². The number of imidazole rings is 1. The highest BCUT2D eigenvalue weighted by atomic mass is 35.5. The van der Waals surface area contributed by atoms with Gasteiger partial charge in [0.25, 0.3) is 0 Å². The highest BCUT2D eigenvalue weighted by Gasteiger charge is 2.25. The molecular formula is C26H22Cl3N3O. The Bertz CT molecular complexity index is 1250. The van der Waals surface area contributed by atoms with Crippen LogP contribution in [0.25, 0.3) is 5.69 Å². The van der Waals surface area contributed by atoms with Gasteiger partial charge in [-0.25, -0.2) is 4.98 Å². The number of carbonyl (C=O) groups is 1. The van der Waals surface area contributed by atoms with Crippen LogP contribution in [0.15, 0.2) is 72.8 Å². The van der Waals surface area contributed by atoms with Gasteiger partial charge in [-0.15, -0.1) is 0 Å². The van der Waals surface area contributed by atoms with Crippen LogP contribution in [-0.4, -0.2) is 15.3 Å². The average Bonchev–Trinajstić information content (AvgIpc) is 3.17. The number of benzene rings is 3. The zero-order valence-electron chi connectivity index (χ0n) is 18.0. The molecule has 0 saturated carbocycles. The number of nitrogens with one attached hydrogen (secondary N) is 1. The lowest BCUT2D eigenvalue weighted by Crippen LogP contribution is -2.13. The van der Waals surface area contributed by atoms with Gasteiger partial charge in [0.05, 0.1) is 5.69 Å². The Hall–Kier alpha value is -2.79. The number of rotatable bonds is 8. The van der Waals surface area contributed by atoms with E-state index in [4.69, 9.17) is 39.8 Å². The number of aryl methyl sites for hydroxylation is 1. The molecule has 0 bridgehead atoms. The van der Waals surface area contributed by atoms with Crippen molar-refractivity contribution in [3.8, 4) is 5.69 Å². The van der Waals surface area contributed by atoms with Gasteiger partial charge in [0.2, 0.25) is 11.7 Å². The number of carbonyl (C=O) groups excluding carboxylic acids is 1. The van der Waals surface area contributed by atoms with E-state index in [-0.39, 0.29) is 5.78 Å². The first-order valence-electron chi connectivity index (χ1n) is 10.7. The number of halogens is 3. The third kappa shape index (κ3) is 5.41. The maximum atomic E-state index is 13.7. The van der Waals surface area contributed by atoms with Crippen molar-refractivity contribution < 1.29 is 4.79 Å². The Morgan fingerprint density at radius 1 is 0.848 bits per heavy atom. The van der Waals surface area contributed by atoms with E-state index >= 15 is 0 Å². The summed E-state index contributed by atoms with van der Waals surface area (Å²) >= 11 is 18.2. The first-order chi connectivity index (χ1) is 16.0. The first-order valence-corrected chi connectivity index (χ1v) is 11.8. The minimum absolute atomic E-state index is 0.121. The topological polar surface area (TPSA) is 46.9 Å². The number of aromatic nitrogens is 2. The van der Waals surface area contributed by atoms with Crippen molar-refractivity contribution in [3.63, 3.8) is 0 Å². The summed E-state index contributed by atoms with van der Waals surface area (Å²) < 4.78 is 1.85. The normalized spacial score (nSPS) is 10.9. The summed E-state index contributed by atoms with van der Waals surface area (Å²) in [5.41, 5.74) is 3.40. The molecule has 1 aromatic heterocycles. The number of hydrogen-bond acceptors (Lipinski definition) is 3. The van der Waals surface area contributed by atoms with Gasteiger partial charge in [0, 0.05) is 32.0 Å². The van der Waals surface area contributed by atoms with Crippen molar-refractivity contribution >= 4 is 52.2 Å². The Balaban J connectivity index is 1.89. The highest BCUT2D eigenvalue weighted by Crippen LogP contribution is 2.29. The molecule has 4 rings (SSSR count). The zero-order chi connectivity index (χ0) is 23.4. The molecule has 0 radical (unpaired) electrons. The molecule has 4 nitrogen and oxygen atoms in total. The van der Waals surface area contributed by atoms with Crippen LogP contribution < -0.4 is 5.32 Å². The SMILES string of the molecule is CCCCc1nc(Nc2ccc(Cl)cc2)n(-c2ccc(Cl)cc2)c1C(=O)c1ccc(Cl)cc1. The van der Waals surface area contributed by atoms with E-state index in [1.165, 1.54) is 0 Å². The van der Waals surface area contributed by atoms with E-state index in [2.05, 4.69) is 12.2 Å². The summed E-state index contributed by atoms with van der Waals surface area (Å²) in [5, 5.41) is 5.19. The van der Waals surface area contributed by atoms with Crippen molar-refractivity contribution in [2.45, 2.75) is 26.2 Å². The van der Waals surface area contributed by atoms with E-state index in [1.807, 2.05) is 28.8 Å². The lowest BCUT2D eigenvalue weighted by molar-refractivity contribution is 0.103. The largest absolute Gasteiger partial charge is 0.325 e. The number of anilines is 2. The van der Waals surface area contributed by atoms with Gasteiger partial charge in [-0.1, -0.05) is 48.1 Å². The number of hydrogen-bond donors (Lipinski definition) is 1. The lowest BCUT2D eigenvalue weighted by atomic mass is 10.0. The summed E-state index contributed by atoms with van der Waals surface area (Å²) in [6.07, 6.45) is 2.59. The third-order valence-electron chi connectivity index (χ3n) is 5.22. The predicted octanol–water partition coefficient (Wildman–Crippen LogP) is 8.15. The molecule has 1 N–H and O–H groups in total. The molecule has 1 heterocycles. The summed E-state index contributed by atoms with van der Waals surface area (Å²) in [7, 11) is 0. The van der Waals surface area contributed by atoms with E-state index in [9.17, 15) is 4.79 Å². The quantitative estimate of drug-likeness (QED) is 0.249. The second kappa shape index (κ2) is 10.4. The van der Waals surface area contributed by atoms with E-state index in [0.717, 1.165) is 29.9 Å². The second-order valence-corrected chi connectivity index (χ2v) is 8.92. The fourth-order valence-corrected chi connectivity index (χ4v) is 3.92. The third-order valence-corrected chi connectivity index (χ3v) is 5.98. The molecule has 0 aliphatic rings. The van der Waals surface area contributed by atoms with Crippen LogP contribution in [0.3, 0.4) is 0 Å². The maximum Gasteiger partial charge on any atom is 0.212 e. The average molecular weight is 499 g/mol. The fourth-order valence-electron chi connectivity index (χ4n) is 3.54. The summed E-state index contributed by atoms with van der Waals surface area (Å²) in [5.74, 6) is 0.424. The lowest BCUT2D eigenvalue weighted by Gasteiger charge is -2.14. The molecule has 0 spiro atoms. The molecule has 0 unspecified atom stereocenters. The number of nitrogens with zero attached hydrogens (tertiary/aromatic N) is 2. The highest BCUT2D eigenvalue weighted by molar-refractivity contribution is 6.31. The maximum absolute atomic E-state index is 13.7. The van der Waals surface area contributed by atoms with Gasteiger partial charge in [0.1, 0.15) is 5.69 Å².